The molecule has 0 N–H and O–H groups in total. The summed E-state index contributed by atoms with van der Waals surface area (Å²) in [4.78, 5) is 11.2. The summed E-state index contributed by atoms with van der Waals surface area (Å²) in [7, 11) is 0. The van der Waals surface area contributed by atoms with Crippen LogP contribution in [-0.4, -0.2) is 11.1 Å². The highest BCUT2D eigenvalue weighted by atomic mass is 79.9. The van der Waals surface area contributed by atoms with E-state index in [1.54, 1.807) is 18.2 Å². The zero-order valence-corrected chi connectivity index (χ0v) is 9.95. The first-order valence-electron chi connectivity index (χ1n) is 4.00. The SMILES string of the molecule is CC(=O)c1cc(C#CCBr)ccc1Cl. The molecule has 1 aromatic rings. The van der Waals surface area contributed by atoms with Crippen molar-refractivity contribution in [1.82, 2.24) is 0 Å². The minimum absolute atomic E-state index is 0.0440. The molecule has 0 unspecified atom stereocenters. The summed E-state index contributed by atoms with van der Waals surface area (Å²) in [5.41, 5.74) is 1.33. The molecule has 3 heteroatoms. The monoisotopic (exact) mass is 270 g/mol. The quantitative estimate of drug-likeness (QED) is 0.435. The Labute approximate surface area is 96.6 Å². The molecule has 0 atom stereocenters. The van der Waals surface area contributed by atoms with E-state index >= 15 is 0 Å². The smallest absolute Gasteiger partial charge is 0.161 e. The lowest BCUT2D eigenvalue weighted by atomic mass is 10.1. The van der Waals surface area contributed by atoms with E-state index in [0.29, 0.717) is 15.9 Å². The van der Waals surface area contributed by atoms with E-state index in [4.69, 9.17) is 11.6 Å². The number of Topliss-reactive ketones (excluding diaryl/α,β-unsaturated/α-hetero) is 1. The number of benzene rings is 1. The van der Waals surface area contributed by atoms with Crippen molar-refractivity contribution in [2.75, 3.05) is 5.33 Å². The lowest BCUT2D eigenvalue weighted by molar-refractivity contribution is 0.101. The standard InChI is InChI=1S/C11H8BrClO/c1-8(14)10-7-9(3-2-6-12)4-5-11(10)13/h4-5,7H,6H2,1H3. The molecule has 0 fully saturated rings. The molecule has 0 saturated carbocycles. The van der Waals surface area contributed by atoms with Crippen molar-refractivity contribution in [3.8, 4) is 11.8 Å². The van der Waals surface area contributed by atoms with Crippen LogP contribution in [0.4, 0.5) is 0 Å². The first kappa shape index (κ1) is 11.3. The average molecular weight is 272 g/mol. The number of alkyl halides is 1. The van der Waals surface area contributed by atoms with Crippen molar-refractivity contribution in [2.45, 2.75) is 6.92 Å². The molecule has 0 spiro atoms. The van der Waals surface area contributed by atoms with Crippen molar-refractivity contribution in [3.63, 3.8) is 0 Å². The zero-order chi connectivity index (χ0) is 10.6. The van der Waals surface area contributed by atoms with Crippen LogP contribution in [0.25, 0.3) is 0 Å². The average Bonchev–Trinajstić information content (AvgIpc) is 2.16. The maximum absolute atomic E-state index is 11.2. The molecule has 0 aliphatic carbocycles. The van der Waals surface area contributed by atoms with Gasteiger partial charge >= 0.3 is 0 Å². The van der Waals surface area contributed by atoms with Gasteiger partial charge in [0.2, 0.25) is 0 Å². The minimum atomic E-state index is -0.0440. The summed E-state index contributed by atoms with van der Waals surface area (Å²) in [6.45, 7) is 1.49. The molecular weight excluding hydrogens is 263 g/mol. The van der Waals surface area contributed by atoms with Gasteiger partial charge in [0.1, 0.15) is 0 Å². The number of rotatable bonds is 1. The van der Waals surface area contributed by atoms with E-state index in [2.05, 4.69) is 27.8 Å². The molecule has 0 aliphatic heterocycles. The highest BCUT2D eigenvalue weighted by Gasteiger charge is 2.05. The van der Waals surface area contributed by atoms with Crippen LogP contribution in [0.3, 0.4) is 0 Å². The molecule has 1 rings (SSSR count). The summed E-state index contributed by atoms with van der Waals surface area (Å²) in [6.07, 6.45) is 0. The molecule has 14 heavy (non-hydrogen) atoms. The maximum Gasteiger partial charge on any atom is 0.161 e. The summed E-state index contributed by atoms with van der Waals surface area (Å²) in [6, 6.07) is 5.20. The Morgan fingerprint density at radius 2 is 2.29 bits per heavy atom. The van der Waals surface area contributed by atoms with Crippen LogP contribution in [0.1, 0.15) is 22.8 Å². The predicted molar refractivity (Wildman–Crippen MR) is 62.1 cm³/mol. The summed E-state index contributed by atoms with van der Waals surface area (Å²) >= 11 is 9.05. The van der Waals surface area contributed by atoms with Crippen LogP contribution in [-0.2, 0) is 0 Å². The molecule has 0 aromatic heterocycles. The van der Waals surface area contributed by atoms with E-state index in [-0.39, 0.29) is 5.78 Å². The van der Waals surface area contributed by atoms with Gasteiger partial charge in [0, 0.05) is 11.1 Å². The number of hydrogen-bond acceptors (Lipinski definition) is 1. The highest BCUT2D eigenvalue weighted by molar-refractivity contribution is 9.09. The molecule has 0 aliphatic rings. The van der Waals surface area contributed by atoms with Gasteiger partial charge in [0.15, 0.2) is 5.78 Å². The number of carbonyl (C=O) groups is 1. The second-order valence-electron chi connectivity index (χ2n) is 2.69. The number of hydrogen-bond donors (Lipinski definition) is 0. The van der Waals surface area contributed by atoms with Crippen LogP contribution < -0.4 is 0 Å². The number of halogens is 2. The fourth-order valence-corrected chi connectivity index (χ4v) is 1.40. The lowest BCUT2D eigenvalue weighted by Gasteiger charge is -1.99. The highest BCUT2D eigenvalue weighted by Crippen LogP contribution is 2.17. The van der Waals surface area contributed by atoms with Gasteiger partial charge in [-0.25, -0.2) is 0 Å². The largest absolute Gasteiger partial charge is 0.294 e. The van der Waals surface area contributed by atoms with Gasteiger partial charge in [-0.1, -0.05) is 39.4 Å². The Kier molecular flexibility index (Phi) is 4.19. The van der Waals surface area contributed by atoms with Gasteiger partial charge < -0.3 is 0 Å². The van der Waals surface area contributed by atoms with Crippen LogP contribution in [0.5, 0.6) is 0 Å². The maximum atomic E-state index is 11.2. The summed E-state index contributed by atoms with van der Waals surface area (Å²) in [5.74, 6) is 5.73. The van der Waals surface area contributed by atoms with Crippen molar-refractivity contribution in [1.29, 1.82) is 0 Å². The Hall–Kier alpha value is -0.780. The van der Waals surface area contributed by atoms with Gasteiger partial charge in [-0.05, 0) is 25.1 Å². The van der Waals surface area contributed by atoms with Crippen molar-refractivity contribution < 1.29 is 4.79 Å². The molecule has 72 valence electrons. The molecule has 0 heterocycles. The van der Waals surface area contributed by atoms with Gasteiger partial charge in [0.05, 0.1) is 10.4 Å². The van der Waals surface area contributed by atoms with Gasteiger partial charge in [-0.15, -0.1) is 0 Å². The lowest BCUT2D eigenvalue weighted by Crippen LogP contribution is -1.93. The van der Waals surface area contributed by atoms with Crippen LogP contribution in [0.2, 0.25) is 5.02 Å². The second kappa shape index (κ2) is 5.19. The Balaban J connectivity index is 3.13. The first-order chi connectivity index (χ1) is 6.65. The molecule has 0 radical (unpaired) electrons. The molecule has 1 aromatic carbocycles. The Bertz CT molecular complexity index is 415. The summed E-state index contributed by atoms with van der Waals surface area (Å²) in [5, 5.41) is 1.09. The van der Waals surface area contributed by atoms with Gasteiger partial charge in [-0.2, -0.15) is 0 Å². The van der Waals surface area contributed by atoms with Crippen LogP contribution in [0, 0.1) is 11.8 Å². The normalized spacial score (nSPS) is 9.07. The molecule has 0 saturated heterocycles. The van der Waals surface area contributed by atoms with Crippen molar-refractivity contribution >= 4 is 33.3 Å². The third-order valence-electron chi connectivity index (χ3n) is 1.65. The van der Waals surface area contributed by atoms with Crippen molar-refractivity contribution in [3.05, 3.63) is 34.3 Å². The third-order valence-corrected chi connectivity index (χ3v) is 2.26. The predicted octanol–water partition coefficient (Wildman–Crippen LogP) is 3.29. The van der Waals surface area contributed by atoms with E-state index in [1.165, 1.54) is 6.92 Å². The molecule has 0 bridgehead atoms. The Morgan fingerprint density at radius 1 is 1.57 bits per heavy atom. The Morgan fingerprint density at radius 3 is 2.86 bits per heavy atom. The first-order valence-corrected chi connectivity index (χ1v) is 5.50. The van der Waals surface area contributed by atoms with E-state index in [1.807, 2.05) is 0 Å². The number of ketones is 1. The minimum Gasteiger partial charge on any atom is -0.294 e. The summed E-state index contributed by atoms with van der Waals surface area (Å²) < 4.78 is 0. The van der Waals surface area contributed by atoms with Gasteiger partial charge in [0.25, 0.3) is 0 Å². The van der Waals surface area contributed by atoms with Gasteiger partial charge in [-0.3, -0.25) is 4.79 Å². The van der Waals surface area contributed by atoms with E-state index in [0.717, 1.165) is 5.56 Å². The van der Waals surface area contributed by atoms with Crippen molar-refractivity contribution in [2.24, 2.45) is 0 Å². The van der Waals surface area contributed by atoms with E-state index < -0.39 is 0 Å². The topological polar surface area (TPSA) is 17.1 Å². The fraction of sp³-hybridized carbons (Fsp3) is 0.182. The fourth-order valence-electron chi connectivity index (χ4n) is 1.01. The molecule has 1 nitrogen and oxygen atoms in total. The second-order valence-corrected chi connectivity index (χ2v) is 3.65. The van der Waals surface area contributed by atoms with Crippen LogP contribution >= 0.6 is 27.5 Å². The van der Waals surface area contributed by atoms with Crippen LogP contribution in [0.15, 0.2) is 18.2 Å². The van der Waals surface area contributed by atoms with E-state index in [9.17, 15) is 4.79 Å². The zero-order valence-electron chi connectivity index (χ0n) is 7.60. The molecular formula is C11H8BrClO. The molecule has 0 amide bonds. The third kappa shape index (κ3) is 2.87. The number of carbonyl (C=O) groups excluding carboxylic acids is 1.